The molecule has 0 radical (unpaired) electrons. The molecule has 3 N–H and O–H groups in total. The molecule has 0 unspecified atom stereocenters. The molecule has 160 valence electrons. The van der Waals surface area contributed by atoms with Crippen molar-refractivity contribution in [2.45, 2.75) is 84.7 Å². The third kappa shape index (κ3) is 5.58. The standard InChI is InChI=1S/C25H42O3/c1-18(8-6-14-24(3,4)28)22-12-13-23-20(9-7-15-25(22,23)5)10-11-21(17-27)19(2)16-26/h10-11,18,22-23,26-28H,2,6-9,12-17H2,1,3-5H3/b20-10+,21-11-/t18-,22-,23+,25-/m1/s1. The second-order valence-electron chi connectivity index (χ2n) is 10.1. The van der Waals surface area contributed by atoms with E-state index < -0.39 is 5.60 Å². The number of hydrogen-bond donors (Lipinski definition) is 3. The molecule has 0 saturated heterocycles. The highest BCUT2D eigenvalue weighted by Crippen LogP contribution is 2.59. The summed E-state index contributed by atoms with van der Waals surface area (Å²) in [5, 5.41) is 28.9. The van der Waals surface area contributed by atoms with E-state index in [4.69, 9.17) is 0 Å². The Hall–Kier alpha value is -0.900. The molecule has 0 spiro atoms. The van der Waals surface area contributed by atoms with E-state index in [1.165, 1.54) is 37.7 Å². The minimum absolute atomic E-state index is 0.0774. The molecule has 2 aliphatic rings. The van der Waals surface area contributed by atoms with Crippen LogP contribution in [0.3, 0.4) is 0 Å². The summed E-state index contributed by atoms with van der Waals surface area (Å²) >= 11 is 0. The Morgan fingerprint density at radius 1 is 1.29 bits per heavy atom. The van der Waals surface area contributed by atoms with Gasteiger partial charge < -0.3 is 15.3 Å². The molecular weight excluding hydrogens is 348 g/mol. The van der Waals surface area contributed by atoms with Crippen molar-refractivity contribution in [3.8, 4) is 0 Å². The maximum Gasteiger partial charge on any atom is 0.0685 e. The number of allylic oxidation sites excluding steroid dienone is 3. The van der Waals surface area contributed by atoms with Crippen LogP contribution in [0.4, 0.5) is 0 Å². The summed E-state index contributed by atoms with van der Waals surface area (Å²) in [5.41, 5.74) is 2.65. The molecule has 2 rings (SSSR count). The minimum atomic E-state index is -0.558. The van der Waals surface area contributed by atoms with Crippen LogP contribution in [0.5, 0.6) is 0 Å². The summed E-state index contributed by atoms with van der Waals surface area (Å²) in [6.45, 7) is 12.4. The van der Waals surface area contributed by atoms with E-state index in [9.17, 15) is 15.3 Å². The van der Waals surface area contributed by atoms with Crippen LogP contribution in [0.1, 0.15) is 79.1 Å². The lowest BCUT2D eigenvalue weighted by atomic mass is 9.60. The Kier molecular flexibility index (Phi) is 8.13. The second-order valence-corrected chi connectivity index (χ2v) is 10.1. The van der Waals surface area contributed by atoms with Crippen molar-refractivity contribution >= 4 is 0 Å². The van der Waals surface area contributed by atoms with Crippen molar-refractivity contribution in [1.82, 2.24) is 0 Å². The van der Waals surface area contributed by atoms with Gasteiger partial charge in [-0.3, -0.25) is 0 Å². The molecule has 28 heavy (non-hydrogen) atoms. The van der Waals surface area contributed by atoms with Gasteiger partial charge in [-0.2, -0.15) is 0 Å². The molecule has 3 nitrogen and oxygen atoms in total. The first-order valence-corrected chi connectivity index (χ1v) is 11.1. The molecule has 0 aromatic rings. The summed E-state index contributed by atoms with van der Waals surface area (Å²) in [6, 6.07) is 0. The predicted molar refractivity (Wildman–Crippen MR) is 117 cm³/mol. The van der Waals surface area contributed by atoms with E-state index in [2.05, 4.69) is 26.5 Å². The van der Waals surface area contributed by atoms with E-state index in [1.807, 2.05) is 19.9 Å². The zero-order valence-electron chi connectivity index (χ0n) is 18.5. The lowest BCUT2D eigenvalue weighted by Gasteiger charge is -2.44. The van der Waals surface area contributed by atoms with Gasteiger partial charge in [-0.15, -0.1) is 0 Å². The largest absolute Gasteiger partial charge is 0.392 e. The van der Waals surface area contributed by atoms with Gasteiger partial charge in [-0.1, -0.05) is 51.0 Å². The van der Waals surface area contributed by atoms with Gasteiger partial charge in [0.15, 0.2) is 0 Å². The number of hydrogen-bond acceptors (Lipinski definition) is 3. The van der Waals surface area contributed by atoms with Gasteiger partial charge >= 0.3 is 0 Å². The molecule has 3 heteroatoms. The zero-order valence-corrected chi connectivity index (χ0v) is 18.5. The Morgan fingerprint density at radius 3 is 2.61 bits per heavy atom. The third-order valence-corrected chi connectivity index (χ3v) is 7.49. The fraction of sp³-hybridized carbons (Fsp3) is 0.760. The fourth-order valence-corrected chi connectivity index (χ4v) is 5.86. The van der Waals surface area contributed by atoms with Crippen LogP contribution in [0.25, 0.3) is 0 Å². The Bertz CT molecular complexity index is 595. The van der Waals surface area contributed by atoms with Gasteiger partial charge in [0.1, 0.15) is 0 Å². The average Bonchev–Trinajstić information content (AvgIpc) is 2.98. The van der Waals surface area contributed by atoms with Gasteiger partial charge in [0.2, 0.25) is 0 Å². The molecule has 2 fully saturated rings. The maximum absolute atomic E-state index is 10.00. The highest BCUT2D eigenvalue weighted by Gasteiger charge is 2.50. The summed E-state index contributed by atoms with van der Waals surface area (Å²) in [6.07, 6.45) is 13.6. The fourth-order valence-electron chi connectivity index (χ4n) is 5.86. The lowest BCUT2D eigenvalue weighted by Crippen LogP contribution is -2.36. The molecule has 0 heterocycles. The smallest absolute Gasteiger partial charge is 0.0685 e. The number of fused-ring (bicyclic) bond motifs is 1. The lowest BCUT2D eigenvalue weighted by molar-refractivity contribution is 0.0597. The zero-order chi connectivity index (χ0) is 20.9. The summed E-state index contributed by atoms with van der Waals surface area (Å²) in [5.74, 6) is 2.06. The van der Waals surface area contributed by atoms with Gasteiger partial charge in [-0.25, -0.2) is 0 Å². The van der Waals surface area contributed by atoms with Crippen LogP contribution in [-0.4, -0.2) is 34.1 Å². The summed E-state index contributed by atoms with van der Waals surface area (Å²) in [7, 11) is 0. The van der Waals surface area contributed by atoms with Crippen molar-refractivity contribution in [1.29, 1.82) is 0 Å². The van der Waals surface area contributed by atoms with Gasteiger partial charge in [-0.05, 0) is 86.7 Å². The first kappa shape index (κ1) is 23.4. The van der Waals surface area contributed by atoms with E-state index in [-0.39, 0.29) is 13.2 Å². The number of aliphatic hydroxyl groups excluding tert-OH is 2. The van der Waals surface area contributed by atoms with Crippen LogP contribution in [0, 0.1) is 23.2 Å². The molecule has 4 atom stereocenters. The summed E-state index contributed by atoms with van der Waals surface area (Å²) < 4.78 is 0. The third-order valence-electron chi connectivity index (χ3n) is 7.49. The Labute approximate surface area is 172 Å². The van der Waals surface area contributed by atoms with Gasteiger partial charge in [0.25, 0.3) is 0 Å². The molecule has 0 aliphatic heterocycles. The van der Waals surface area contributed by atoms with Gasteiger partial charge in [0.05, 0.1) is 18.8 Å². The van der Waals surface area contributed by atoms with Gasteiger partial charge in [0, 0.05) is 0 Å². The SMILES string of the molecule is C=C(CO)/C(=C\C=C1/CCC[C@]2(C)[C@@H]([C@H](C)CCCC(C)(C)O)CC[C@@H]12)CO. The molecular formula is C25H42O3. The Balaban J connectivity index is 2.10. The monoisotopic (exact) mass is 390 g/mol. The molecule has 0 amide bonds. The number of rotatable bonds is 9. The predicted octanol–water partition coefficient (Wildman–Crippen LogP) is 5.17. The number of aliphatic hydroxyl groups is 3. The van der Waals surface area contributed by atoms with E-state index >= 15 is 0 Å². The molecule has 0 bridgehead atoms. The summed E-state index contributed by atoms with van der Waals surface area (Å²) in [4.78, 5) is 0. The van der Waals surface area contributed by atoms with Crippen LogP contribution in [0.2, 0.25) is 0 Å². The topological polar surface area (TPSA) is 60.7 Å². The average molecular weight is 391 g/mol. The van der Waals surface area contributed by atoms with Crippen molar-refractivity contribution in [3.63, 3.8) is 0 Å². The maximum atomic E-state index is 10.00. The Morgan fingerprint density at radius 2 is 2.00 bits per heavy atom. The minimum Gasteiger partial charge on any atom is -0.392 e. The van der Waals surface area contributed by atoms with Crippen LogP contribution < -0.4 is 0 Å². The van der Waals surface area contributed by atoms with Crippen molar-refractivity contribution in [3.05, 3.63) is 35.5 Å². The molecule has 2 saturated carbocycles. The van der Waals surface area contributed by atoms with E-state index in [0.717, 1.165) is 30.8 Å². The first-order valence-electron chi connectivity index (χ1n) is 11.1. The molecule has 0 aromatic carbocycles. The van der Waals surface area contributed by atoms with Crippen molar-refractivity contribution < 1.29 is 15.3 Å². The molecule has 0 aromatic heterocycles. The second kappa shape index (κ2) is 9.73. The highest BCUT2D eigenvalue weighted by atomic mass is 16.3. The van der Waals surface area contributed by atoms with Crippen molar-refractivity contribution in [2.24, 2.45) is 23.2 Å². The van der Waals surface area contributed by atoms with E-state index in [0.29, 0.717) is 22.8 Å². The van der Waals surface area contributed by atoms with Crippen LogP contribution in [0.15, 0.2) is 35.5 Å². The van der Waals surface area contributed by atoms with Crippen LogP contribution >= 0.6 is 0 Å². The quantitative estimate of drug-likeness (QED) is 0.476. The highest BCUT2D eigenvalue weighted by molar-refractivity contribution is 5.34. The van der Waals surface area contributed by atoms with Crippen LogP contribution in [-0.2, 0) is 0 Å². The first-order chi connectivity index (χ1) is 13.1. The normalized spacial score (nSPS) is 31.1. The van der Waals surface area contributed by atoms with E-state index in [1.54, 1.807) is 0 Å². The van der Waals surface area contributed by atoms with Crippen molar-refractivity contribution in [2.75, 3.05) is 13.2 Å². The molecule has 2 aliphatic carbocycles.